The molecule has 3 rings (SSSR count). The molecular formula is C21H19BrN4O2. The molecule has 28 heavy (non-hydrogen) atoms. The lowest BCUT2D eigenvalue weighted by Crippen LogP contribution is -2.09. The van der Waals surface area contributed by atoms with E-state index in [9.17, 15) is 10.1 Å². The third kappa shape index (κ3) is 4.29. The van der Waals surface area contributed by atoms with E-state index >= 15 is 0 Å². The van der Waals surface area contributed by atoms with E-state index in [0.29, 0.717) is 29.4 Å². The lowest BCUT2D eigenvalue weighted by atomic mass is 10.0. The van der Waals surface area contributed by atoms with Crippen molar-refractivity contribution in [3.63, 3.8) is 0 Å². The summed E-state index contributed by atoms with van der Waals surface area (Å²) in [4.78, 5) is 15.5. The van der Waals surface area contributed by atoms with Crippen LogP contribution in [-0.2, 0) is 6.42 Å². The minimum atomic E-state index is -0.413. The zero-order valence-corrected chi connectivity index (χ0v) is 16.9. The number of fused-ring (bicyclic) bond motifs is 1. The number of hydrogen-bond acceptors (Lipinski definition) is 5. The number of unbranched alkanes of at least 4 members (excludes halogenated alkanes) is 1. The Morgan fingerprint density at radius 3 is 2.75 bits per heavy atom. The molecule has 1 atom stereocenters. The van der Waals surface area contributed by atoms with Gasteiger partial charge in [0.15, 0.2) is 0 Å². The molecule has 0 fully saturated rings. The normalized spacial score (nSPS) is 11.8. The van der Waals surface area contributed by atoms with E-state index in [1.165, 1.54) is 6.20 Å². The van der Waals surface area contributed by atoms with Crippen molar-refractivity contribution >= 4 is 38.2 Å². The first kappa shape index (κ1) is 19.8. The zero-order valence-electron chi connectivity index (χ0n) is 15.4. The van der Waals surface area contributed by atoms with Crippen LogP contribution in [0.5, 0.6) is 0 Å². The molecule has 2 aromatic carbocycles. The number of nitriles is 1. The van der Waals surface area contributed by atoms with Crippen LogP contribution in [0.2, 0.25) is 0 Å². The predicted molar refractivity (Wildman–Crippen MR) is 113 cm³/mol. The third-order valence-corrected chi connectivity index (χ3v) is 5.35. The monoisotopic (exact) mass is 438 g/mol. The van der Waals surface area contributed by atoms with E-state index in [1.54, 1.807) is 0 Å². The van der Waals surface area contributed by atoms with Crippen molar-refractivity contribution < 1.29 is 4.92 Å². The molecule has 0 unspecified atom stereocenters. The number of pyridine rings is 1. The van der Waals surface area contributed by atoms with Gasteiger partial charge >= 0.3 is 5.69 Å². The summed E-state index contributed by atoms with van der Waals surface area (Å²) in [5.41, 5.74) is 3.11. The highest BCUT2D eigenvalue weighted by Gasteiger charge is 2.21. The van der Waals surface area contributed by atoms with Crippen LogP contribution >= 0.6 is 15.9 Å². The van der Waals surface area contributed by atoms with Gasteiger partial charge in [0.25, 0.3) is 0 Å². The molecule has 0 aliphatic rings. The van der Waals surface area contributed by atoms with Gasteiger partial charge in [-0.15, -0.1) is 0 Å². The Morgan fingerprint density at radius 2 is 2.07 bits per heavy atom. The lowest BCUT2D eigenvalue weighted by molar-refractivity contribution is -0.384. The second kappa shape index (κ2) is 8.81. The third-order valence-electron chi connectivity index (χ3n) is 4.61. The Labute approximate surface area is 171 Å². The van der Waals surface area contributed by atoms with Crippen LogP contribution in [0.25, 0.3) is 10.9 Å². The Hall–Kier alpha value is -2.98. The first-order valence-electron chi connectivity index (χ1n) is 8.95. The molecule has 0 bridgehead atoms. The fourth-order valence-electron chi connectivity index (χ4n) is 3.13. The van der Waals surface area contributed by atoms with E-state index < -0.39 is 4.92 Å². The fourth-order valence-corrected chi connectivity index (χ4v) is 3.66. The number of aromatic nitrogens is 1. The quantitative estimate of drug-likeness (QED) is 0.280. The van der Waals surface area contributed by atoms with Crippen LogP contribution in [0.4, 0.5) is 11.4 Å². The maximum atomic E-state index is 11.6. The predicted octanol–water partition coefficient (Wildman–Crippen LogP) is 5.92. The van der Waals surface area contributed by atoms with Gasteiger partial charge in [-0.25, -0.2) is 4.98 Å². The molecule has 0 saturated carbocycles. The zero-order chi connectivity index (χ0) is 20.1. The molecular weight excluding hydrogens is 420 g/mol. The number of aryl methyl sites for hydroxylation is 1. The average Bonchev–Trinajstić information content (AvgIpc) is 2.69. The van der Waals surface area contributed by atoms with Crippen molar-refractivity contribution in [3.8, 4) is 6.07 Å². The number of anilines is 1. The van der Waals surface area contributed by atoms with Crippen molar-refractivity contribution in [3.05, 3.63) is 74.4 Å². The molecule has 1 heterocycles. The van der Waals surface area contributed by atoms with Crippen LogP contribution in [0, 0.1) is 21.4 Å². The van der Waals surface area contributed by atoms with Crippen molar-refractivity contribution in [1.82, 2.24) is 4.98 Å². The van der Waals surface area contributed by atoms with Gasteiger partial charge in [0.1, 0.15) is 11.9 Å². The molecule has 0 spiro atoms. The van der Waals surface area contributed by atoms with Crippen molar-refractivity contribution in [2.45, 2.75) is 32.2 Å². The molecule has 0 amide bonds. The summed E-state index contributed by atoms with van der Waals surface area (Å²) in [6, 6.07) is 15.6. The van der Waals surface area contributed by atoms with E-state index in [1.807, 2.05) is 49.4 Å². The Bertz CT molecular complexity index is 1050. The second-order valence-corrected chi connectivity index (χ2v) is 7.38. The summed E-state index contributed by atoms with van der Waals surface area (Å²) in [5, 5.41) is 24.4. The summed E-state index contributed by atoms with van der Waals surface area (Å²) >= 11 is 3.55. The molecule has 0 aliphatic heterocycles. The number of halogens is 1. The van der Waals surface area contributed by atoms with Crippen molar-refractivity contribution in [2.75, 3.05) is 5.32 Å². The highest BCUT2D eigenvalue weighted by atomic mass is 79.9. The summed E-state index contributed by atoms with van der Waals surface area (Å²) in [6.45, 7) is 1.97. The van der Waals surface area contributed by atoms with E-state index in [4.69, 9.17) is 5.26 Å². The van der Waals surface area contributed by atoms with Gasteiger partial charge in [-0.1, -0.05) is 46.3 Å². The summed E-state index contributed by atoms with van der Waals surface area (Å²) in [6.07, 6.45) is 3.20. The van der Waals surface area contributed by atoms with Gasteiger partial charge in [0.05, 0.1) is 16.5 Å². The van der Waals surface area contributed by atoms with Crippen LogP contribution < -0.4 is 5.32 Å². The van der Waals surface area contributed by atoms with Gasteiger partial charge in [-0.3, -0.25) is 10.1 Å². The van der Waals surface area contributed by atoms with E-state index in [0.717, 1.165) is 22.0 Å². The van der Waals surface area contributed by atoms with Crippen LogP contribution in [0.1, 0.15) is 36.9 Å². The standard InChI is InChI=1S/C21H19BrN4O2/c1-14(15-7-3-2-4-8-15)25-21-17-11-16(9-5-6-10-23)18(22)12-19(17)24-13-20(21)26(27)28/h2-4,7-8,11-14H,5-6,9H2,1H3,(H,24,25)/t14-/m1/s1. The minimum absolute atomic E-state index is 0.0550. The average molecular weight is 439 g/mol. The molecule has 0 saturated heterocycles. The van der Waals surface area contributed by atoms with Crippen LogP contribution in [0.3, 0.4) is 0 Å². The van der Waals surface area contributed by atoms with Crippen molar-refractivity contribution in [1.29, 1.82) is 5.26 Å². The molecule has 6 nitrogen and oxygen atoms in total. The van der Waals surface area contributed by atoms with Gasteiger partial charge in [-0.2, -0.15) is 5.26 Å². The van der Waals surface area contributed by atoms with Gasteiger partial charge in [0.2, 0.25) is 0 Å². The Balaban J connectivity index is 2.08. The van der Waals surface area contributed by atoms with Crippen LogP contribution in [0.15, 0.2) is 53.1 Å². The number of hydrogen-bond donors (Lipinski definition) is 1. The Morgan fingerprint density at radius 1 is 1.32 bits per heavy atom. The summed E-state index contributed by atoms with van der Waals surface area (Å²) in [7, 11) is 0. The molecule has 142 valence electrons. The minimum Gasteiger partial charge on any atom is -0.372 e. The Kier molecular flexibility index (Phi) is 6.22. The smallest absolute Gasteiger partial charge is 0.311 e. The second-order valence-electron chi connectivity index (χ2n) is 6.52. The number of rotatable bonds is 7. The first-order valence-corrected chi connectivity index (χ1v) is 9.74. The maximum absolute atomic E-state index is 11.6. The van der Waals surface area contributed by atoms with Gasteiger partial charge in [0, 0.05) is 22.3 Å². The highest BCUT2D eigenvalue weighted by molar-refractivity contribution is 9.10. The molecule has 3 aromatic rings. The number of nitrogens with zero attached hydrogens (tertiary/aromatic N) is 3. The van der Waals surface area contributed by atoms with Gasteiger partial charge in [-0.05, 0) is 43.0 Å². The molecule has 1 N–H and O–H groups in total. The largest absolute Gasteiger partial charge is 0.372 e. The molecule has 0 aliphatic carbocycles. The van der Waals surface area contributed by atoms with E-state index in [2.05, 4.69) is 32.3 Å². The number of nitrogens with one attached hydrogen (secondary N) is 1. The van der Waals surface area contributed by atoms with Gasteiger partial charge < -0.3 is 5.32 Å². The summed E-state index contributed by atoms with van der Waals surface area (Å²) in [5.74, 6) is 0. The van der Waals surface area contributed by atoms with E-state index in [-0.39, 0.29) is 11.7 Å². The SMILES string of the molecule is C[C@@H](Nc1c([N+](=O)[O-])cnc2cc(Br)c(CCCC#N)cc12)c1ccccc1. The maximum Gasteiger partial charge on any atom is 0.311 e. The molecule has 1 aromatic heterocycles. The number of benzene rings is 2. The van der Waals surface area contributed by atoms with Crippen molar-refractivity contribution in [2.24, 2.45) is 0 Å². The molecule has 7 heteroatoms. The molecule has 0 radical (unpaired) electrons. The topological polar surface area (TPSA) is 91.8 Å². The van der Waals surface area contributed by atoms with Crippen LogP contribution in [-0.4, -0.2) is 9.91 Å². The fraction of sp³-hybridized carbons (Fsp3) is 0.238. The lowest BCUT2D eigenvalue weighted by Gasteiger charge is -2.18. The number of nitro groups is 1. The first-order chi connectivity index (χ1) is 13.5. The highest BCUT2D eigenvalue weighted by Crippen LogP contribution is 2.37. The summed E-state index contributed by atoms with van der Waals surface area (Å²) < 4.78 is 0.890.